The van der Waals surface area contributed by atoms with E-state index in [9.17, 15) is 9.59 Å². The largest absolute Gasteiger partial charge is 0.467 e. The second-order valence-corrected chi connectivity index (χ2v) is 3.64. The second kappa shape index (κ2) is 7.79. The molecule has 0 unspecified atom stereocenters. The minimum atomic E-state index is -1.47. The molecule has 0 bridgehead atoms. The molecule has 6 nitrogen and oxygen atoms in total. The third kappa shape index (κ3) is 4.28. The summed E-state index contributed by atoms with van der Waals surface area (Å²) in [7, 11) is 0. The highest BCUT2D eigenvalue weighted by Gasteiger charge is 2.31. The molecule has 0 aliphatic heterocycles. The van der Waals surface area contributed by atoms with Crippen molar-refractivity contribution in [3.05, 3.63) is 29.8 Å². The van der Waals surface area contributed by atoms with Crippen molar-refractivity contribution in [3.8, 4) is 11.8 Å². The fourth-order valence-electron chi connectivity index (χ4n) is 1.37. The van der Waals surface area contributed by atoms with Gasteiger partial charge in [0.1, 0.15) is 5.75 Å². The molecule has 1 rings (SSSR count). The molecule has 6 heteroatoms. The van der Waals surface area contributed by atoms with Gasteiger partial charge in [-0.25, -0.2) is 9.59 Å². The fourth-order valence-corrected chi connectivity index (χ4v) is 1.37. The van der Waals surface area contributed by atoms with Crippen LogP contribution in [0.15, 0.2) is 24.3 Å². The van der Waals surface area contributed by atoms with Gasteiger partial charge in [-0.15, -0.1) is 0 Å². The van der Waals surface area contributed by atoms with Gasteiger partial charge < -0.3 is 14.2 Å². The van der Waals surface area contributed by atoms with Crippen LogP contribution in [0.25, 0.3) is 0 Å². The molecule has 106 valence electrons. The summed E-state index contributed by atoms with van der Waals surface area (Å²) in [6.07, 6.45) is -1.47. The molecule has 0 N–H and O–H groups in total. The van der Waals surface area contributed by atoms with Gasteiger partial charge in [-0.1, -0.05) is 0 Å². The summed E-state index contributed by atoms with van der Waals surface area (Å²) in [6.45, 7) is 3.51. The molecule has 0 saturated carbocycles. The number of benzene rings is 1. The Morgan fingerprint density at radius 1 is 1.10 bits per heavy atom. The number of esters is 2. The number of hydrogen-bond donors (Lipinski definition) is 0. The predicted octanol–water partition coefficient (Wildman–Crippen LogP) is 1.43. The molecule has 0 aliphatic carbocycles. The van der Waals surface area contributed by atoms with E-state index in [1.54, 1.807) is 13.8 Å². The number of rotatable bonds is 6. The van der Waals surface area contributed by atoms with Crippen molar-refractivity contribution >= 4 is 11.9 Å². The molecule has 0 spiro atoms. The van der Waals surface area contributed by atoms with Gasteiger partial charge in [-0.2, -0.15) is 5.26 Å². The molecule has 0 radical (unpaired) electrons. The van der Waals surface area contributed by atoms with Crippen LogP contribution >= 0.6 is 0 Å². The van der Waals surface area contributed by atoms with E-state index in [1.807, 2.05) is 6.07 Å². The summed E-state index contributed by atoms with van der Waals surface area (Å²) in [5.41, 5.74) is 0.446. The highest BCUT2D eigenvalue weighted by molar-refractivity contribution is 5.98. The molecule has 1 aromatic rings. The van der Waals surface area contributed by atoms with Crippen molar-refractivity contribution in [1.29, 1.82) is 5.26 Å². The number of hydrogen-bond acceptors (Lipinski definition) is 6. The molecule has 0 amide bonds. The smallest absolute Gasteiger partial charge is 0.359 e. The lowest BCUT2D eigenvalue weighted by Gasteiger charge is -2.16. The first-order valence-corrected chi connectivity index (χ1v) is 6.12. The van der Waals surface area contributed by atoms with Crippen LogP contribution in [0.2, 0.25) is 0 Å². The zero-order valence-electron chi connectivity index (χ0n) is 11.3. The molecule has 0 heterocycles. The highest BCUT2D eigenvalue weighted by Crippen LogP contribution is 2.15. The van der Waals surface area contributed by atoms with Crippen molar-refractivity contribution in [2.45, 2.75) is 20.0 Å². The Hall–Kier alpha value is -2.55. The van der Waals surface area contributed by atoms with Crippen molar-refractivity contribution in [1.82, 2.24) is 0 Å². The number of nitrogens with zero attached hydrogens (tertiary/aromatic N) is 1. The lowest BCUT2D eigenvalue weighted by atomic mass is 10.2. The zero-order valence-corrected chi connectivity index (χ0v) is 11.3. The highest BCUT2D eigenvalue weighted by atomic mass is 16.6. The summed E-state index contributed by atoms with van der Waals surface area (Å²) in [5, 5.41) is 8.69. The van der Waals surface area contributed by atoms with Crippen LogP contribution < -0.4 is 4.74 Å². The van der Waals surface area contributed by atoms with Crippen LogP contribution in [0.4, 0.5) is 0 Å². The third-order valence-electron chi connectivity index (χ3n) is 2.24. The van der Waals surface area contributed by atoms with Crippen molar-refractivity contribution < 1.29 is 23.8 Å². The van der Waals surface area contributed by atoms with Crippen LogP contribution in [-0.4, -0.2) is 31.3 Å². The summed E-state index contributed by atoms with van der Waals surface area (Å²) in [6, 6.07) is 7.97. The van der Waals surface area contributed by atoms with Crippen molar-refractivity contribution in [2.24, 2.45) is 0 Å². The van der Waals surface area contributed by atoms with Gasteiger partial charge in [0.25, 0.3) is 6.10 Å². The first kappa shape index (κ1) is 15.5. The lowest BCUT2D eigenvalue weighted by molar-refractivity contribution is -0.166. The van der Waals surface area contributed by atoms with E-state index >= 15 is 0 Å². The van der Waals surface area contributed by atoms with Gasteiger partial charge in [-0.3, -0.25) is 0 Å². The molecule has 0 atom stereocenters. The minimum absolute atomic E-state index is 0.130. The van der Waals surface area contributed by atoms with Crippen LogP contribution in [0.1, 0.15) is 19.4 Å². The van der Waals surface area contributed by atoms with Crippen LogP contribution in [0.5, 0.6) is 5.75 Å². The minimum Gasteiger partial charge on any atom is -0.467 e. The average molecular weight is 277 g/mol. The normalized spacial score (nSPS) is 9.70. The van der Waals surface area contributed by atoms with Gasteiger partial charge in [0, 0.05) is 0 Å². The summed E-state index contributed by atoms with van der Waals surface area (Å²) >= 11 is 0. The lowest BCUT2D eigenvalue weighted by Crippen LogP contribution is -2.38. The van der Waals surface area contributed by atoms with Crippen LogP contribution in [-0.2, 0) is 19.1 Å². The summed E-state index contributed by atoms with van der Waals surface area (Å²) in [4.78, 5) is 23.4. The topological polar surface area (TPSA) is 85.6 Å². The molecule has 0 aromatic heterocycles. The maximum Gasteiger partial charge on any atom is 0.359 e. The maximum absolute atomic E-state index is 11.7. The first-order valence-electron chi connectivity index (χ1n) is 6.12. The van der Waals surface area contributed by atoms with Crippen molar-refractivity contribution in [3.63, 3.8) is 0 Å². The SMILES string of the molecule is CCOC(=O)C(Oc1ccc(C#N)cc1)C(=O)OCC. The quantitative estimate of drug-likeness (QED) is 0.577. The number of carbonyl (C=O) groups excluding carboxylic acids is 2. The Kier molecular flexibility index (Phi) is 6.04. The predicted molar refractivity (Wildman–Crippen MR) is 68.8 cm³/mol. The van der Waals surface area contributed by atoms with Gasteiger partial charge in [0.05, 0.1) is 24.8 Å². The number of carbonyl (C=O) groups is 2. The second-order valence-electron chi connectivity index (χ2n) is 3.64. The van der Waals surface area contributed by atoms with E-state index < -0.39 is 18.0 Å². The van der Waals surface area contributed by atoms with Crippen LogP contribution in [0.3, 0.4) is 0 Å². The Morgan fingerprint density at radius 2 is 1.60 bits per heavy atom. The van der Waals surface area contributed by atoms with E-state index in [0.29, 0.717) is 5.56 Å². The summed E-state index contributed by atoms with van der Waals surface area (Å²) < 4.78 is 14.8. The monoisotopic (exact) mass is 277 g/mol. The van der Waals surface area contributed by atoms with Gasteiger partial charge >= 0.3 is 11.9 Å². The summed E-state index contributed by atoms with van der Waals surface area (Å²) in [5.74, 6) is -1.35. The van der Waals surface area contributed by atoms with E-state index in [0.717, 1.165) is 0 Å². The molecule has 0 fully saturated rings. The number of ether oxygens (including phenoxy) is 3. The fraction of sp³-hybridized carbons (Fsp3) is 0.357. The third-order valence-corrected chi connectivity index (χ3v) is 2.24. The van der Waals surface area contributed by atoms with Gasteiger partial charge in [-0.05, 0) is 38.1 Å². The molecular weight excluding hydrogens is 262 g/mol. The Morgan fingerprint density at radius 3 is 2.00 bits per heavy atom. The zero-order chi connectivity index (χ0) is 15.0. The molecular formula is C14H15NO5. The van der Waals surface area contributed by atoms with E-state index in [4.69, 9.17) is 19.5 Å². The van der Waals surface area contributed by atoms with Crippen molar-refractivity contribution in [2.75, 3.05) is 13.2 Å². The first-order chi connectivity index (χ1) is 9.62. The molecule has 1 aromatic carbocycles. The van der Waals surface area contributed by atoms with Crippen LogP contribution in [0, 0.1) is 11.3 Å². The van der Waals surface area contributed by atoms with Gasteiger partial charge in [0.15, 0.2) is 0 Å². The Bertz CT molecular complexity index is 485. The standard InChI is InChI=1S/C14H15NO5/c1-3-18-13(16)12(14(17)19-4-2)20-11-7-5-10(9-15)6-8-11/h5-8,12H,3-4H2,1-2H3. The molecule has 0 aliphatic rings. The van der Waals surface area contributed by atoms with Gasteiger partial charge in [0.2, 0.25) is 0 Å². The van der Waals surface area contributed by atoms with E-state index in [-0.39, 0.29) is 19.0 Å². The molecule has 20 heavy (non-hydrogen) atoms. The molecule has 0 saturated heterocycles. The van der Waals surface area contributed by atoms with E-state index in [1.165, 1.54) is 24.3 Å². The Balaban J connectivity index is 2.85. The maximum atomic E-state index is 11.7. The van der Waals surface area contributed by atoms with E-state index in [2.05, 4.69) is 0 Å². The Labute approximate surface area is 116 Å². The average Bonchev–Trinajstić information content (AvgIpc) is 2.45. The number of nitriles is 1.